The number of ether oxygens (including phenoxy) is 1. The number of benzene rings is 1. The first-order valence-corrected chi connectivity index (χ1v) is 7.81. The Morgan fingerprint density at radius 1 is 1.29 bits per heavy atom. The summed E-state index contributed by atoms with van der Waals surface area (Å²) in [5.41, 5.74) is 1.17. The minimum atomic E-state index is 0.253. The van der Waals surface area contributed by atoms with Crippen molar-refractivity contribution < 1.29 is 9.53 Å². The van der Waals surface area contributed by atoms with Crippen LogP contribution < -0.4 is 5.32 Å². The molecule has 4 nitrogen and oxygen atoms in total. The fourth-order valence-corrected chi connectivity index (χ4v) is 2.76. The molecule has 0 atom stereocenters. The van der Waals surface area contributed by atoms with E-state index in [0.29, 0.717) is 32.0 Å². The number of nitrogens with zero attached hydrogens (tertiary/aromatic N) is 1. The molecule has 1 aromatic rings. The lowest BCUT2D eigenvalue weighted by Gasteiger charge is -2.27. The standard InChI is InChI=1S/C17H26N2O2/c1-21-12-11-19(14-16-5-3-2-4-6-16)17(20)13-15-7-9-18-10-8-15/h2-6,15,18H,7-14H2,1H3. The van der Waals surface area contributed by atoms with Gasteiger partial charge >= 0.3 is 0 Å². The average molecular weight is 290 g/mol. The maximum absolute atomic E-state index is 12.6. The second-order valence-electron chi connectivity index (χ2n) is 5.69. The van der Waals surface area contributed by atoms with Gasteiger partial charge in [-0.3, -0.25) is 4.79 Å². The number of nitrogens with one attached hydrogen (secondary N) is 1. The second-order valence-corrected chi connectivity index (χ2v) is 5.69. The van der Waals surface area contributed by atoms with E-state index in [-0.39, 0.29) is 5.91 Å². The van der Waals surface area contributed by atoms with E-state index in [1.54, 1.807) is 7.11 Å². The Labute approximate surface area is 127 Å². The first kappa shape index (κ1) is 16.0. The van der Waals surface area contributed by atoms with Gasteiger partial charge < -0.3 is 15.0 Å². The molecule has 1 aliphatic heterocycles. The molecule has 0 unspecified atom stereocenters. The molecule has 1 amide bonds. The number of carbonyl (C=O) groups excluding carboxylic acids is 1. The molecule has 1 heterocycles. The quantitative estimate of drug-likeness (QED) is 0.835. The van der Waals surface area contributed by atoms with Gasteiger partial charge in [-0.05, 0) is 37.4 Å². The molecule has 0 spiro atoms. The Kier molecular flexibility index (Phi) is 6.70. The van der Waals surface area contributed by atoms with Crippen LogP contribution in [-0.2, 0) is 16.1 Å². The molecule has 1 N–H and O–H groups in total. The summed E-state index contributed by atoms with van der Waals surface area (Å²) in [7, 11) is 1.68. The van der Waals surface area contributed by atoms with Crippen LogP contribution in [0.3, 0.4) is 0 Å². The van der Waals surface area contributed by atoms with Crippen molar-refractivity contribution >= 4 is 5.91 Å². The van der Waals surface area contributed by atoms with Gasteiger partial charge in [0, 0.05) is 26.6 Å². The van der Waals surface area contributed by atoms with Crippen molar-refractivity contribution in [3.63, 3.8) is 0 Å². The van der Waals surface area contributed by atoms with Gasteiger partial charge in [-0.2, -0.15) is 0 Å². The molecule has 4 heteroatoms. The molecule has 116 valence electrons. The van der Waals surface area contributed by atoms with Gasteiger partial charge in [0.15, 0.2) is 0 Å². The third kappa shape index (κ3) is 5.48. The molecule has 2 rings (SSSR count). The van der Waals surface area contributed by atoms with Crippen molar-refractivity contribution in [2.75, 3.05) is 33.4 Å². The lowest BCUT2D eigenvalue weighted by molar-refractivity contribution is -0.133. The number of hydrogen-bond acceptors (Lipinski definition) is 3. The number of methoxy groups -OCH3 is 1. The number of rotatable bonds is 7. The molecule has 1 saturated heterocycles. The minimum Gasteiger partial charge on any atom is -0.383 e. The Morgan fingerprint density at radius 2 is 2.00 bits per heavy atom. The Morgan fingerprint density at radius 3 is 2.67 bits per heavy atom. The molecular weight excluding hydrogens is 264 g/mol. The van der Waals surface area contributed by atoms with E-state index in [9.17, 15) is 4.79 Å². The van der Waals surface area contributed by atoms with Gasteiger partial charge in [0.1, 0.15) is 0 Å². The smallest absolute Gasteiger partial charge is 0.223 e. The van der Waals surface area contributed by atoms with Crippen LogP contribution >= 0.6 is 0 Å². The van der Waals surface area contributed by atoms with Gasteiger partial charge in [0.05, 0.1) is 6.61 Å². The van der Waals surface area contributed by atoms with Crippen LogP contribution in [0.4, 0.5) is 0 Å². The third-order valence-electron chi connectivity index (χ3n) is 4.06. The zero-order chi connectivity index (χ0) is 14.9. The number of carbonyl (C=O) groups is 1. The number of hydrogen-bond donors (Lipinski definition) is 1. The first-order chi connectivity index (χ1) is 10.3. The van der Waals surface area contributed by atoms with Crippen LogP contribution in [0, 0.1) is 5.92 Å². The van der Waals surface area contributed by atoms with Crippen molar-refractivity contribution in [1.29, 1.82) is 0 Å². The Balaban J connectivity index is 1.92. The predicted molar refractivity (Wildman–Crippen MR) is 83.9 cm³/mol. The predicted octanol–water partition coefficient (Wildman–Crippen LogP) is 2.05. The SMILES string of the molecule is COCCN(Cc1ccccc1)C(=O)CC1CCNCC1. The normalized spacial score (nSPS) is 15.9. The molecule has 0 aromatic heterocycles. The second kappa shape index (κ2) is 8.80. The van der Waals surface area contributed by atoms with E-state index in [4.69, 9.17) is 4.74 Å². The third-order valence-corrected chi connectivity index (χ3v) is 4.06. The molecular formula is C17H26N2O2. The van der Waals surface area contributed by atoms with Crippen molar-refractivity contribution in [2.45, 2.75) is 25.8 Å². The highest BCUT2D eigenvalue weighted by atomic mass is 16.5. The van der Waals surface area contributed by atoms with Gasteiger partial charge in [0.25, 0.3) is 0 Å². The van der Waals surface area contributed by atoms with Crippen molar-refractivity contribution in [1.82, 2.24) is 10.2 Å². The van der Waals surface area contributed by atoms with E-state index in [1.807, 2.05) is 23.1 Å². The summed E-state index contributed by atoms with van der Waals surface area (Å²) in [4.78, 5) is 14.5. The molecule has 21 heavy (non-hydrogen) atoms. The monoisotopic (exact) mass is 290 g/mol. The van der Waals surface area contributed by atoms with Crippen LogP contribution in [0.1, 0.15) is 24.8 Å². The number of piperidine rings is 1. The molecule has 0 radical (unpaired) electrons. The first-order valence-electron chi connectivity index (χ1n) is 7.81. The van der Waals surface area contributed by atoms with Gasteiger partial charge in [0.2, 0.25) is 5.91 Å². The van der Waals surface area contributed by atoms with E-state index in [0.717, 1.165) is 25.9 Å². The molecule has 1 aromatic carbocycles. The van der Waals surface area contributed by atoms with Gasteiger partial charge in [-0.1, -0.05) is 30.3 Å². The Bertz CT molecular complexity index is 416. The summed E-state index contributed by atoms with van der Waals surface area (Å²) < 4.78 is 5.15. The maximum atomic E-state index is 12.6. The lowest BCUT2D eigenvalue weighted by atomic mass is 9.94. The lowest BCUT2D eigenvalue weighted by Crippen LogP contribution is -2.36. The van der Waals surface area contributed by atoms with Crippen LogP contribution in [0.5, 0.6) is 0 Å². The summed E-state index contributed by atoms with van der Waals surface area (Å²) in [6.07, 6.45) is 2.88. The van der Waals surface area contributed by atoms with E-state index in [2.05, 4.69) is 17.4 Å². The average Bonchev–Trinajstić information content (AvgIpc) is 2.53. The van der Waals surface area contributed by atoms with E-state index < -0.39 is 0 Å². The summed E-state index contributed by atoms with van der Waals surface area (Å²) in [5.74, 6) is 0.780. The molecule has 1 fully saturated rings. The molecule has 0 aliphatic carbocycles. The topological polar surface area (TPSA) is 41.6 Å². The van der Waals surface area contributed by atoms with Crippen LogP contribution in [0.2, 0.25) is 0 Å². The highest BCUT2D eigenvalue weighted by molar-refractivity contribution is 5.76. The molecule has 0 saturated carbocycles. The summed E-state index contributed by atoms with van der Waals surface area (Å²) in [6, 6.07) is 10.2. The van der Waals surface area contributed by atoms with Crippen LogP contribution in [-0.4, -0.2) is 44.2 Å². The fraction of sp³-hybridized carbons (Fsp3) is 0.588. The largest absolute Gasteiger partial charge is 0.383 e. The van der Waals surface area contributed by atoms with E-state index >= 15 is 0 Å². The van der Waals surface area contributed by atoms with Crippen molar-refractivity contribution in [2.24, 2.45) is 5.92 Å². The zero-order valence-corrected chi connectivity index (χ0v) is 12.9. The molecule has 1 aliphatic rings. The fourth-order valence-electron chi connectivity index (χ4n) is 2.76. The zero-order valence-electron chi connectivity index (χ0n) is 12.9. The highest BCUT2D eigenvalue weighted by Gasteiger charge is 2.21. The van der Waals surface area contributed by atoms with Crippen molar-refractivity contribution in [3.05, 3.63) is 35.9 Å². The van der Waals surface area contributed by atoms with Crippen molar-refractivity contribution in [3.8, 4) is 0 Å². The maximum Gasteiger partial charge on any atom is 0.223 e. The Hall–Kier alpha value is -1.39. The number of amides is 1. The summed E-state index contributed by atoms with van der Waals surface area (Å²) in [5, 5.41) is 3.35. The van der Waals surface area contributed by atoms with Crippen LogP contribution in [0.25, 0.3) is 0 Å². The van der Waals surface area contributed by atoms with E-state index in [1.165, 1.54) is 5.56 Å². The highest BCUT2D eigenvalue weighted by Crippen LogP contribution is 2.18. The van der Waals surface area contributed by atoms with Crippen LogP contribution in [0.15, 0.2) is 30.3 Å². The van der Waals surface area contributed by atoms with Gasteiger partial charge in [-0.15, -0.1) is 0 Å². The summed E-state index contributed by atoms with van der Waals surface area (Å²) in [6.45, 7) is 4.00. The minimum absolute atomic E-state index is 0.253. The van der Waals surface area contributed by atoms with Gasteiger partial charge in [-0.25, -0.2) is 0 Å². The summed E-state index contributed by atoms with van der Waals surface area (Å²) >= 11 is 0. The molecule has 0 bridgehead atoms.